The van der Waals surface area contributed by atoms with Crippen molar-refractivity contribution in [2.45, 2.75) is 0 Å². The molecule has 64 valence electrons. The summed E-state index contributed by atoms with van der Waals surface area (Å²) >= 11 is 4.96. The highest BCUT2D eigenvalue weighted by molar-refractivity contribution is 6.67. The Labute approximate surface area is 72.0 Å². The average Bonchev–Trinajstić information content (AvgIpc) is 2.00. The van der Waals surface area contributed by atoms with Crippen molar-refractivity contribution < 1.29 is 19.4 Å². The van der Waals surface area contributed by atoms with Crippen molar-refractivity contribution in [2.24, 2.45) is 0 Å². The molecule has 1 aromatic carbocycles. The first-order valence-corrected chi connectivity index (χ1v) is 3.32. The zero-order valence-electron chi connectivity index (χ0n) is 5.71. The van der Waals surface area contributed by atoms with Crippen molar-refractivity contribution in [1.82, 2.24) is 0 Å². The monoisotopic (exact) mass is 190 g/mol. The van der Waals surface area contributed by atoms with Crippen molar-refractivity contribution >= 4 is 16.8 Å². The molecule has 0 saturated heterocycles. The van der Waals surface area contributed by atoms with Crippen molar-refractivity contribution in [3.8, 4) is 11.5 Å². The summed E-state index contributed by atoms with van der Waals surface area (Å²) < 4.78 is 12.8. The summed E-state index contributed by atoms with van der Waals surface area (Å²) in [6.07, 6.45) is 0. The van der Waals surface area contributed by atoms with Crippen molar-refractivity contribution in [3.05, 3.63) is 23.5 Å². The molecular formula is C7H4ClFO3. The van der Waals surface area contributed by atoms with E-state index in [0.717, 1.165) is 12.1 Å². The lowest BCUT2D eigenvalue weighted by Gasteiger charge is -2.00. The Kier molecular flexibility index (Phi) is 2.19. The van der Waals surface area contributed by atoms with Crippen LogP contribution in [0.5, 0.6) is 11.5 Å². The average molecular weight is 191 g/mol. The number of carbonyl (C=O) groups excluding carboxylic acids is 1. The Morgan fingerprint density at radius 1 is 1.42 bits per heavy atom. The third-order valence-electron chi connectivity index (χ3n) is 1.31. The number of rotatable bonds is 1. The van der Waals surface area contributed by atoms with Gasteiger partial charge in [-0.2, -0.15) is 0 Å². The molecule has 0 radical (unpaired) electrons. The van der Waals surface area contributed by atoms with E-state index < -0.39 is 28.1 Å². The second kappa shape index (κ2) is 2.98. The number of hydrogen-bond donors (Lipinski definition) is 2. The zero-order chi connectivity index (χ0) is 9.30. The molecule has 0 saturated carbocycles. The molecule has 2 N–H and O–H groups in total. The van der Waals surface area contributed by atoms with Crippen LogP contribution in [0.3, 0.4) is 0 Å². The van der Waals surface area contributed by atoms with E-state index in [1.807, 2.05) is 0 Å². The smallest absolute Gasteiger partial charge is 0.255 e. The predicted molar refractivity (Wildman–Crippen MR) is 39.9 cm³/mol. The molecule has 0 bridgehead atoms. The second-order valence-electron chi connectivity index (χ2n) is 2.07. The Hall–Kier alpha value is -1.29. The van der Waals surface area contributed by atoms with Gasteiger partial charge in [0.05, 0.1) is 5.56 Å². The van der Waals surface area contributed by atoms with Crippen LogP contribution in [0.15, 0.2) is 12.1 Å². The molecule has 1 rings (SSSR count). The first-order valence-electron chi connectivity index (χ1n) is 2.94. The minimum absolute atomic E-state index is 0.466. The molecule has 0 fully saturated rings. The topological polar surface area (TPSA) is 57.5 Å². The largest absolute Gasteiger partial charge is 0.504 e. The molecule has 0 aliphatic heterocycles. The summed E-state index contributed by atoms with van der Waals surface area (Å²) in [5, 5.41) is 16.5. The zero-order valence-corrected chi connectivity index (χ0v) is 6.47. The van der Waals surface area contributed by atoms with E-state index in [1.165, 1.54) is 0 Å². The van der Waals surface area contributed by atoms with Gasteiger partial charge in [0.15, 0.2) is 17.3 Å². The number of aromatic hydroxyl groups is 2. The van der Waals surface area contributed by atoms with Gasteiger partial charge in [0, 0.05) is 0 Å². The number of benzene rings is 1. The lowest BCUT2D eigenvalue weighted by molar-refractivity contribution is 0.107. The Balaban J connectivity index is 3.36. The summed E-state index contributed by atoms with van der Waals surface area (Å²) in [7, 11) is 0. The summed E-state index contributed by atoms with van der Waals surface area (Å²) in [6, 6.07) is 1.97. The van der Waals surface area contributed by atoms with Crippen LogP contribution in [0.25, 0.3) is 0 Å². The first-order chi connectivity index (χ1) is 5.54. The summed E-state index contributed by atoms with van der Waals surface area (Å²) in [6.45, 7) is 0. The SMILES string of the molecule is O=C(Cl)c1ccc(O)c(O)c1F. The maximum absolute atomic E-state index is 12.8. The lowest BCUT2D eigenvalue weighted by atomic mass is 10.2. The molecule has 1 aromatic rings. The fourth-order valence-electron chi connectivity index (χ4n) is 0.706. The van der Waals surface area contributed by atoms with Gasteiger partial charge in [-0.25, -0.2) is 4.39 Å². The van der Waals surface area contributed by atoms with Crippen molar-refractivity contribution in [3.63, 3.8) is 0 Å². The number of phenolic OH excluding ortho intramolecular Hbond substituents is 2. The number of halogens is 2. The Bertz CT molecular complexity index is 338. The van der Waals surface area contributed by atoms with E-state index in [0.29, 0.717) is 0 Å². The highest BCUT2D eigenvalue weighted by Crippen LogP contribution is 2.30. The van der Waals surface area contributed by atoms with Crippen LogP contribution in [-0.4, -0.2) is 15.5 Å². The third-order valence-corrected chi connectivity index (χ3v) is 1.51. The molecule has 0 atom stereocenters. The van der Waals surface area contributed by atoms with E-state index in [4.69, 9.17) is 21.8 Å². The van der Waals surface area contributed by atoms with Gasteiger partial charge in [-0.05, 0) is 23.7 Å². The van der Waals surface area contributed by atoms with E-state index in [-0.39, 0.29) is 0 Å². The fourth-order valence-corrected chi connectivity index (χ4v) is 0.852. The van der Waals surface area contributed by atoms with Gasteiger partial charge in [-0.15, -0.1) is 0 Å². The number of carbonyl (C=O) groups is 1. The van der Waals surface area contributed by atoms with Crippen LogP contribution in [0.1, 0.15) is 10.4 Å². The molecule has 0 spiro atoms. The summed E-state index contributed by atoms with van der Waals surface area (Å²) in [5.41, 5.74) is -0.466. The molecule has 0 aliphatic rings. The van der Waals surface area contributed by atoms with Crippen LogP contribution < -0.4 is 0 Å². The molecule has 0 aliphatic carbocycles. The van der Waals surface area contributed by atoms with Gasteiger partial charge in [-0.1, -0.05) is 0 Å². The van der Waals surface area contributed by atoms with Gasteiger partial charge < -0.3 is 10.2 Å². The first kappa shape index (κ1) is 8.80. The van der Waals surface area contributed by atoms with Crippen LogP contribution in [0, 0.1) is 5.82 Å². The minimum Gasteiger partial charge on any atom is -0.504 e. The maximum atomic E-state index is 12.8. The number of hydrogen-bond acceptors (Lipinski definition) is 3. The van der Waals surface area contributed by atoms with Gasteiger partial charge in [-0.3, -0.25) is 4.79 Å². The standard InChI is InChI=1S/C7H4ClFO3/c8-7(12)3-1-2-4(10)6(11)5(3)9/h1-2,10-11H. The van der Waals surface area contributed by atoms with Crippen molar-refractivity contribution in [2.75, 3.05) is 0 Å². The highest BCUT2D eigenvalue weighted by atomic mass is 35.5. The maximum Gasteiger partial charge on any atom is 0.255 e. The van der Waals surface area contributed by atoms with Crippen molar-refractivity contribution in [1.29, 1.82) is 0 Å². The second-order valence-corrected chi connectivity index (χ2v) is 2.41. The molecule has 0 aromatic heterocycles. The van der Waals surface area contributed by atoms with Gasteiger partial charge in [0.2, 0.25) is 0 Å². The Morgan fingerprint density at radius 3 is 2.50 bits per heavy atom. The minimum atomic E-state index is -1.21. The Morgan fingerprint density at radius 2 is 2.00 bits per heavy atom. The highest BCUT2D eigenvalue weighted by Gasteiger charge is 2.15. The van der Waals surface area contributed by atoms with Crippen LogP contribution in [0.4, 0.5) is 4.39 Å². The quantitative estimate of drug-likeness (QED) is 0.523. The van der Waals surface area contributed by atoms with Crippen LogP contribution in [-0.2, 0) is 0 Å². The molecule has 12 heavy (non-hydrogen) atoms. The molecule has 0 heterocycles. The normalized spacial score (nSPS) is 9.83. The molecule has 3 nitrogen and oxygen atoms in total. The lowest BCUT2D eigenvalue weighted by Crippen LogP contribution is -1.94. The van der Waals surface area contributed by atoms with Gasteiger partial charge in [0.1, 0.15) is 0 Å². The molecule has 5 heteroatoms. The van der Waals surface area contributed by atoms with Crippen LogP contribution >= 0.6 is 11.6 Å². The van der Waals surface area contributed by atoms with E-state index >= 15 is 0 Å². The van der Waals surface area contributed by atoms with Gasteiger partial charge >= 0.3 is 0 Å². The third kappa shape index (κ3) is 1.33. The molecular weight excluding hydrogens is 187 g/mol. The van der Waals surface area contributed by atoms with E-state index in [9.17, 15) is 9.18 Å². The fraction of sp³-hybridized carbons (Fsp3) is 0. The predicted octanol–water partition coefficient (Wildman–Crippen LogP) is 1.62. The summed E-state index contributed by atoms with van der Waals surface area (Å²) in [4.78, 5) is 10.5. The van der Waals surface area contributed by atoms with Gasteiger partial charge in [0.25, 0.3) is 5.24 Å². The molecule has 0 unspecified atom stereocenters. The van der Waals surface area contributed by atoms with Crippen LogP contribution in [0.2, 0.25) is 0 Å². The van der Waals surface area contributed by atoms with E-state index in [1.54, 1.807) is 0 Å². The summed E-state index contributed by atoms with van der Waals surface area (Å²) in [5.74, 6) is -2.81. The van der Waals surface area contributed by atoms with E-state index in [2.05, 4.69) is 0 Å². The number of phenols is 2. The molecule has 0 amide bonds.